The number of carboxylic acid groups (broad SMARTS) is 1. The van der Waals surface area contributed by atoms with Crippen LogP contribution in [0.1, 0.15) is 55.5 Å². The molecule has 3 rings (SSSR count). The number of halogens is 1. The normalized spacial score (nSPS) is 19.7. The Morgan fingerprint density at radius 2 is 2.04 bits per heavy atom. The summed E-state index contributed by atoms with van der Waals surface area (Å²) in [6.07, 6.45) is 1.89. The lowest BCUT2D eigenvalue weighted by Crippen LogP contribution is -2.40. The number of aliphatic carboxylic acids is 1. The van der Waals surface area contributed by atoms with Gasteiger partial charge in [0.1, 0.15) is 17.3 Å². The number of nitrogens with zero attached hydrogens (tertiary/aromatic N) is 3. The van der Waals surface area contributed by atoms with Gasteiger partial charge in [-0.15, -0.1) is 5.10 Å². The van der Waals surface area contributed by atoms with E-state index in [4.69, 9.17) is 0 Å². The maximum Gasteiger partial charge on any atom is 0.308 e. The lowest BCUT2D eigenvalue weighted by molar-refractivity contribution is -0.142. The molecule has 7 nitrogen and oxygen atoms in total. The van der Waals surface area contributed by atoms with Crippen molar-refractivity contribution in [3.63, 3.8) is 0 Å². The van der Waals surface area contributed by atoms with Crippen LogP contribution in [-0.4, -0.2) is 37.8 Å². The van der Waals surface area contributed by atoms with Crippen LogP contribution in [0.25, 0.3) is 5.69 Å². The summed E-state index contributed by atoms with van der Waals surface area (Å²) < 4.78 is 15.5. The van der Waals surface area contributed by atoms with Gasteiger partial charge in [0, 0.05) is 12.0 Å². The first-order valence-corrected chi connectivity index (χ1v) is 8.64. The van der Waals surface area contributed by atoms with Gasteiger partial charge in [0.25, 0.3) is 5.91 Å². The van der Waals surface area contributed by atoms with E-state index in [2.05, 4.69) is 15.4 Å². The molecule has 1 saturated carbocycles. The van der Waals surface area contributed by atoms with Gasteiger partial charge in [-0.05, 0) is 25.0 Å². The van der Waals surface area contributed by atoms with Crippen molar-refractivity contribution in [1.29, 1.82) is 0 Å². The summed E-state index contributed by atoms with van der Waals surface area (Å²) in [6.45, 7) is 3.75. The van der Waals surface area contributed by atoms with Gasteiger partial charge in [-0.3, -0.25) is 9.59 Å². The molecule has 0 spiro atoms. The second-order valence-corrected chi connectivity index (χ2v) is 6.77. The maximum absolute atomic E-state index is 14.1. The molecule has 0 saturated heterocycles. The van der Waals surface area contributed by atoms with E-state index >= 15 is 0 Å². The van der Waals surface area contributed by atoms with Crippen molar-refractivity contribution in [2.24, 2.45) is 5.92 Å². The molecule has 0 aliphatic heterocycles. The third kappa shape index (κ3) is 3.44. The average molecular weight is 360 g/mol. The van der Waals surface area contributed by atoms with Crippen LogP contribution in [0, 0.1) is 11.7 Å². The first-order valence-electron chi connectivity index (χ1n) is 8.64. The standard InChI is InChI=1S/C18H21FN4O3/c1-10(2)16-21-15(22-23(16)14-9-4-3-7-12(14)19)17(24)20-13-8-5-6-11(13)18(25)26/h3-4,7,9-11,13H,5-6,8H2,1-2H3,(H,20,24)(H,25,26)/t11-,13+/m0/s1. The number of carbonyl (C=O) groups excluding carboxylic acids is 1. The van der Waals surface area contributed by atoms with Crippen LogP contribution in [0.3, 0.4) is 0 Å². The minimum absolute atomic E-state index is 0.0816. The highest BCUT2D eigenvalue weighted by Crippen LogP contribution is 2.26. The summed E-state index contributed by atoms with van der Waals surface area (Å²) >= 11 is 0. The van der Waals surface area contributed by atoms with E-state index in [1.807, 2.05) is 13.8 Å². The van der Waals surface area contributed by atoms with Crippen molar-refractivity contribution >= 4 is 11.9 Å². The Morgan fingerprint density at radius 1 is 1.31 bits per heavy atom. The molecule has 1 aliphatic rings. The fourth-order valence-corrected chi connectivity index (χ4v) is 3.26. The number of hydrogen-bond donors (Lipinski definition) is 2. The van der Waals surface area contributed by atoms with Crippen molar-refractivity contribution in [1.82, 2.24) is 20.1 Å². The van der Waals surface area contributed by atoms with E-state index in [1.54, 1.807) is 18.2 Å². The van der Waals surface area contributed by atoms with Crippen LogP contribution < -0.4 is 5.32 Å². The van der Waals surface area contributed by atoms with Crippen molar-refractivity contribution < 1.29 is 19.1 Å². The Labute approximate surface area is 150 Å². The highest BCUT2D eigenvalue weighted by Gasteiger charge is 2.35. The van der Waals surface area contributed by atoms with E-state index in [9.17, 15) is 19.1 Å². The molecule has 2 N–H and O–H groups in total. The van der Waals surface area contributed by atoms with Crippen molar-refractivity contribution in [2.45, 2.75) is 45.1 Å². The highest BCUT2D eigenvalue weighted by atomic mass is 19.1. The van der Waals surface area contributed by atoms with E-state index < -0.39 is 29.7 Å². The Balaban J connectivity index is 1.89. The second kappa shape index (κ2) is 7.23. The van der Waals surface area contributed by atoms with Crippen LogP contribution in [0.2, 0.25) is 0 Å². The number of aromatic nitrogens is 3. The summed E-state index contributed by atoms with van der Waals surface area (Å²) in [6, 6.07) is 5.69. The van der Waals surface area contributed by atoms with Gasteiger partial charge >= 0.3 is 5.97 Å². The zero-order valence-corrected chi connectivity index (χ0v) is 14.6. The van der Waals surface area contributed by atoms with Crippen LogP contribution in [-0.2, 0) is 4.79 Å². The second-order valence-electron chi connectivity index (χ2n) is 6.77. The summed E-state index contributed by atoms with van der Waals surface area (Å²) in [5, 5.41) is 16.1. The number of amides is 1. The first-order chi connectivity index (χ1) is 12.4. The van der Waals surface area contributed by atoms with Gasteiger partial charge in [0.15, 0.2) is 0 Å². The maximum atomic E-state index is 14.1. The fourth-order valence-electron chi connectivity index (χ4n) is 3.26. The van der Waals surface area contributed by atoms with E-state index in [0.717, 1.165) is 6.42 Å². The Morgan fingerprint density at radius 3 is 2.69 bits per heavy atom. The topological polar surface area (TPSA) is 97.1 Å². The smallest absolute Gasteiger partial charge is 0.308 e. The predicted octanol–water partition coefficient (Wildman–Crippen LogP) is 2.51. The third-order valence-electron chi connectivity index (χ3n) is 4.58. The molecule has 1 amide bonds. The Bertz CT molecular complexity index is 834. The third-order valence-corrected chi connectivity index (χ3v) is 4.58. The number of para-hydroxylation sites is 1. The Kier molecular flexibility index (Phi) is 5.01. The monoisotopic (exact) mass is 360 g/mol. The van der Waals surface area contributed by atoms with Crippen LogP contribution in [0.4, 0.5) is 4.39 Å². The van der Waals surface area contributed by atoms with Gasteiger partial charge in [-0.2, -0.15) is 0 Å². The lowest BCUT2D eigenvalue weighted by Gasteiger charge is -2.16. The molecule has 8 heteroatoms. The molecule has 26 heavy (non-hydrogen) atoms. The molecule has 2 aromatic rings. The molecular weight excluding hydrogens is 339 g/mol. The van der Waals surface area contributed by atoms with E-state index in [-0.39, 0.29) is 17.4 Å². The molecule has 138 valence electrons. The van der Waals surface area contributed by atoms with E-state index in [0.29, 0.717) is 18.7 Å². The number of hydrogen-bond acceptors (Lipinski definition) is 4. The van der Waals surface area contributed by atoms with Crippen LogP contribution in [0.5, 0.6) is 0 Å². The van der Waals surface area contributed by atoms with E-state index in [1.165, 1.54) is 10.7 Å². The first kappa shape index (κ1) is 18.0. The number of benzene rings is 1. The average Bonchev–Trinajstić information content (AvgIpc) is 3.22. The number of carboxylic acids is 1. The largest absolute Gasteiger partial charge is 0.481 e. The lowest BCUT2D eigenvalue weighted by atomic mass is 10.0. The van der Waals surface area contributed by atoms with Gasteiger partial charge in [-0.25, -0.2) is 14.1 Å². The fraction of sp³-hybridized carbons (Fsp3) is 0.444. The molecule has 2 atom stereocenters. The molecule has 1 heterocycles. The summed E-state index contributed by atoms with van der Waals surface area (Å²) in [4.78, 5) is 28.1. The van der Waals surface area contributed by atoms with Crippen LogP contribution >= 0.6 is 0 Å². The molecule has 0 bridgehead atoms. The minimum Gasteiger partial charge on any atom is -0.481 e. The SMILES string of the molecule is CC(C)c1nc(C(=O)N[C@@H]2CCC[C@@H]2C(=O)O)nn1-c1ccccc1F. The van der Waals surface area contributed by atoms with Crippen LogP contribution in [0.15, 0.2) is 24.3 Å². The van der Waals surface area contributed by atoms with Crippen molar-refractivity contribution in [3.8, 4) is 5.69 Å². The molecule has 1 aromatic heterocycles. The van der Waals surface area contributed by atoms with Crippen molar-refractivity contribution in [3.05, 3.63) is 41.7 Å². The predicted molar refractivity (Wildman–Crippen MR) is 91.6 cm³/mol. The number of rotatable bonds is 5. The quantitative estimate of drug-likeness (QED) is 0.854. The van der Waals surface area contributed by atoms with Gasteiger partial charge in [0.2, 0.25) is 5.82 Å². The zero-order valence-electron chi connectivity index (χ0n) is 14.6. The minimum atomic E-state index is -0.916. The summed E-state index contributed by atoms with van der Waals surface area (Å²) in [5.41, 5.74) is 0.215. The van der Waals surface area contributed by atoms with Gasteiger partial charge < -0.3 is 10.4 Å². The number of carbonyl (C=O) groups is 2. The van der Waals surface area contributed by atoms with Gasteiger partial charge in [0.05, 0.1) is 5.92 Å². The zero-order chi connectivity index (χ0) is 18.8. The van der Waals surface area contributed by atoms with Gasteiger partial charge in [-0.1, -0.05) is 32.4 Å². The molecule has 1 fully saturated rings. The molecule has 1 aliphatic carbocycles. The molecule has 1 aromatic carbocycles. The molecule has 0 radical (unpaired) electrons. The summed E-state index contributed by atoms with van der Waals surface area (Å²) in [7, 11) is 0. The number of nitrogens with one attached hydrogen (secondary N) is 1. The Hall–Kier alpha value is -2.77. The van der Waals surface area contributed by atoms with Crippen molar-refractivity contribution in [2.75, 3.05) is 0 Å². The highest BCUT2D eigenvalue weighted by molar-refractivity contribution is 5.91. The molecular formula is C18H21FN4O3. The summed E-state index contributed by atoms with van der Waals surface area (Å²) in [5.74, 6) is -2.23. The molecule has 0 unspecified atom stereocenters.